The number of aryl methyl sites for hydroxylation is 1. The first-order valence-corrected chi connectivity index (χ1v) is 4.83. The summed E-state index contributed by atoms with van der Waals surface area (Å²) in [4.78, 5) is 15.5. The predicted octanol–water partition coefficient (Wildman–Crippen LogP) is 0.379. The molecule has 0 spiro atoms. The summed E-state index contributed by atoms with van der Waals surface area (Å²) in [5.74, 6) is 0.471. The van der Waals surface area contributed by atoms with Crippen molar-refractivity contribution in [1.82, 2.24) is 10.3 Å². The number of nitrogens with two attached hydrogens (primary N) is 1. The second-order valence-electron chi connectivity index (χ2n) is 4.30. The Morgan fingerprint density at radius 2 is 2.33 bits per heavy atom. The summed E-state index contributed by atoms with van der Waals surface area (Å²) in [5, 5.41) is 2.73. The maximum Gasteiger partial charge on any atom is 0.226 e. The zero-order valence-corrected chi connectivity index (χ0v) is 9.33. The fourth-order valence-corrected chi connectivity index (χ4v) is 1.04. The van der Waals surface area contributed by atoms with Crippen LogP contribution in [0, 0.1) is 6.92 Å². The van der Waals surface area contributed by atoms with Gasteiger partial charge in [-0.15, -0.1) is 0 Å². The molecule has 1 aromatic rings. The second-order valence-corrected chi connectivity index (χ2v) is 4.30. The molecule has 0 atom stereocenters. The van der Waals surface area contributed by atoms with Gasteiger partial charge in [-0.3, -0.25) is 4.79 Å². The van der Waals surface area contributed by atoms with Gasteiger partial charge in [0.2, 0.25) is 5.91 Å². The molecule has 1 aromatic heterocycles. The Hall–Kier alpha value is -1.36. The van der Waals surface area contributed by atoms with Crippen LogP contribution < -0.4 is 11.1 Å². The largest absolute Gasteiger partial charge is 0.449 e. The SMILES string of the molecule is Cc1nc(CC(=O)NCC(C)(C)N)co1. The van der Waals surface area contributed by atoms with Crippen molar-refractivity contribution in [1.29, 1.82) is 0 Å². The van der Waals surface area contributed by atoms with Crippen LogP contribution in [0.15, 0.2) is 10.7 Å². The molecule has 5 nitrogen and oxygen atoms in total. The number of hydrogen-bond acceptors (Lipinski definition) is 4. The standard InChI is InChI=1S/C10H17N3O2/c1-7-13-8(5-15-7)4-9(14)12-6-10(2,3)11/h5H,4,6,11H2,1-3H3,(H,12,14). The minimum Gasteiger partial charge on any atom is -0.449 e. The number of oxazole rings is 1. The van der Waals surface area contributed by atoms with Crippen LogP contribution in [0.5, 0.6) is 0 Å². The van der Waals surface area contributed by atoms with Gasteiger partial charge in [0.05, 0.1) is 12.1 Å². The van der Waals surface area contributed by atoms with Gasteiger partial charge in [-0.25, -0.2) is 4.98 Å². The van der Waals surface area contributed by atoms with E-state index in [0.717, 1.165) is 0 Å². The van der Waals surface area contributed by atoms with Gasteiger partial charge in [0.15, 0.2) is 5.89 Å². The van der Waals surface area contributed by atoms with Crippen molar-refractivity contribution in [2.24, 2.45) is 5.73 Å². The van der Waals surface area contributed by atoms with E-state index in [1.807, 2.05) is 13.8 Å². The number of aromatic nitrogens is 1. The summed E-state index contributed by atoms with van der Waals surface area (Å²) in [5.41, 5.74) is 5.98. The summed E-state index contributed by atoms with van der Waals surface area (Å²) in [7, 11) is 0. The van der Waals surface area contributed by atoms with E-state index in [9.17, 15) is 4.79 Å². The maximum atomic E-state index is 11.4. The number of nitrogens with zero attached hydrogens (tertiary/aromatic N) is 1. The lowest BCUT2D eigenvalue weighted by Gasteiger charge is -2.18. The van der Waals surface area contributed by atoms with Crippen LogP contribution in [0.1, 0.15) is 25.4 Å². The van der Waals surface area contributed by atoms with Crippen LogP contribution in [0.3, 0.4) is 0 Å². The van der Waals surface area contributed by atoms with Crippen LogP contribution >= 0.6 is 0 Å². The van der Waals surface area contributed by atoms with E-state index < -0.39 is 5.54 Å². The van der Waals surface area contributed by atoms with Crippen LogP contribution in [0.2, 0.25) is 0 Å². The zero-order chi connectivity index (χ0) is 11.5. The lowest BCUT2D eigenvalue weighted by atomic mass is 10.1. The fraction of sp³-hybridized carbons (Fsp3) is 0.600. The topological polar surface area (TPSA) is 81.2 Å². The lowest BCUT2D eigenvalue weighted by molar-refractivity contribution is -0.120. The minimum atomic E-state index is -0.393. The van der Waals surface area contributed by atoms with Crippen LogP contribution in [-0.4, -0.2) is 23.0 Å². The lowest BCUT2D eigenvalue weighted by Crippen LogP contribution is -2.45. The molecular formula is C10H17N3O2. The third kappa shape index (κ3) is 4.60. The molecule has 15 heavy (non-hydrogen) atoms. The third-order valence-electron chi connectivity index (χ3n) is 1.75. The number of carbonyl (C=O) groups is 1. The Balaban J connectivity index is 2.37. The Morgan fingerprint density at radius 3 is 2.80 bits per heavy atom. The minimum absolute atomic E-state index is 0.0955. The van der Waals surface area contributed by atoms with Gasteiger partial charge in [-0.1, -0.05) is 0 Å². The van der Waals surface area contributed by atoms with E-state index >= 15 is 0 Å². The molecule has 0 fully saturated rings. The summed E-state index contributed by atoms with van der Waals surface area (Å²) in [6.07, 6.45) is 1.72. The third-order valence-corrected chi connectivity index (χ3v) is 1.75. The molecular weight excluding hydrogens is 194 g/mol. The summed E-state index contributed by atoms with van der Waals surface area (Å²) >= 11 is 0. The van der Waals surface area contributed by atoms with Gasteiger partial charge < -0.3 is 15.5 Å². The summed E-state index contributed by atoms with van der Waals surface area (Å²) in [6.45, 7) is 5.90. The zero-order valence-electron chi connectivity index (χ0n) is 9.33. The summed E-state index contributed by atoms with van der Waals surface area (Å²) < 4.78 is 4.99. The number of carbonyl (C=O) groups excluding carboxylic acids is 1. The van der Waals surface area contributed by atoms with Gasteiger partial charge in [0.25, 0.3) is 0 Å². The van der Waals surface area contributed by atoms with Crippen molar-refractivity contribution in [2.75, 3.05) is 6.54 Å². The van der Waals surface area contributed by atoms with E-state index in [4.69, 9.17) is 10.2 Å². The first-order chi connectivity index (χ1) is 6.87. The van der Waals surface area contributed by atoms with E-state index in [1.54, 1.807) is 6.92 Å². The van der Waals surface area contributed by atoms with Crippen molar-refractivity contribution in [2.45, 2.75) is 32.7 Å². The molecule has 0 saturated heterocycles. The highest BCUT2D eigenvalue weighted by Gasteiger charge is 2.13. The molecule has 0 saturated carbocycles. The van der Waals surface area contributed by atoms with E-state index in [-0.39, 0.29) is 12.3 Å². The highest BCUT2D eigenvalue weighted by molar-refractivity contribution is 5.78. The molecule has 84 valence electrons. The highest BCUT2D eigenvalue weighted by Crippen LogP contribution is 2.01. The number of amides is 1. The van der Waals surface area contributed by atoms with Crippen LogP contribution in [-0.2, 0) is 11.2 Å². The molecule has 0 bridgehead atoms. The highest BCUT2D eigenvalue weighted by atomic mass is 16.3. The van der Waals surface area contributed by atoms with E-state index in [0.29, 0.717) is 18.1 Å². The predicted molar refractivity (Wildman–Crippen MR) is 56.2 cm³/mol. The monoisotopic (exact) mass is 211 g/mol. The first-order valence-electron chi connectivity index (χ1n) is 4.83. The van der Waals surface area contributed by atoms with Crippen molar-refractivity contribution in [3.8, 4) is 0 Å². The molecule has 1 amide bonds. The molecule has 0 radical (unpaired) electrons. The molecule has 0 unspecified atom stereocenters. The molecule has 0 aliphatic heterocycles. The number of hydrogen-bond donors (Lipinski definition) is 2. The van der Waals surface area contributed by atoms with Crippen LogP contribution in [0.25, 0.3) is 0 Å². The number of nitrogens with one attached hydrogen (secondary N) is 1. The van der Waals surface area contributed by atoms with Gasteiger partial charge >= 0.3 is 0 Å². The molecule has 0 aromatic carbocycles. The van der Waals surface area contributed by atoms with Gasteiger partial charge in [-0.2, -0.15) is 0 Å². The molecule has 1 rings (SSSR count). The first kappa shape index (κ1) is 11.7. The summed E-state index contributed by atoms with van der Waals surface area (Å²) in [6, 6.07) is 0. The number of rotatable bonds is 4. The quantitative estimate of drug-likeness (QED) is 0.754. The van der Waals surface area contributed by atoms with Gasteiger partial charge in [0.1, 0.15) is 6.26 Å². The normalized spacial score (nSPS) is 11.5. The average Bonchev–Trinajstić information content (AvgIpc) is 2.47. The molecule has 5 heteroatoms. The van der Waals surface area contributed by atoms with Gasteiger partial charge in [-0.05, 0) is 13.8 Å². The van der Waals surface area contributed by atoms with Crippen molar-refractivity contribution in [3.05, 3.63) is 17.8 Å². The molecule has 0 aliphatic carbocycles. The second kappa shape index (κ2) is 4.44. The molecule has 0 aliphatic rings. The van der Waals surface area contributed by atoms with Gasteiger partial charge in [0, 0.05) is 19.0 Å². The maximum absolute atomic E-state index is 11.4. The molecule has 3 N–H and O–H groups in total. The Kier molecular flexibility index (Phi) is 3.47. The Morgan fingerprint density at radius 1 is 1.67 bits per heavy atom. The Labute approximate surface area is 89.1 Å². The van der Waals surface area contributed by atoms with Crippen LogP contribution in [0.4, 0.5) is 0 Å². The molecule has 1 heterocycles. The van der Waals surface area contributed by atoms with Crippen molar-refractivity contribution < 1.29 is 9.21 Å². The van der Waals surface area contributed by atoms with Crippen molar-refractivity contribution in [3.63, 3.8) is 0 Å². The van der Waals surface area contributed by atoms with Crippen molar-refractivity contribution >= 4 is 5.91 Å². The van der Waals surface area contributed by atoms with E-state index in [1.165, 1.54) is 6.26 Å². The van der Waals surface area contributed by atoms with E-state index in [2.05, 4.69) is 10.3 Å². The smallest absolute Gasteiger partial charge is 0.226 e. The fourth-order valence-electron chi connectivity index (χ4n) is 1.04. The Bertz CT molecular complexity index is 339. The average molecular weight is 211 g/mol.